The Labute approximate surface area is 159 Å². The Hall–Kier alpha value is -2.76. The lowest BCUT2D eigenvalue weighted by atomic mass is 10.0. The Kier molecular flexibility index (Phi) is 3.92. The van der Waals surface area contributed by atoms with Gasteiger partial charge < -0.3 is 9.80 Å². The van der Waals surface area contributed by atoms with E-state index in [0.29, 0.717) is 17.8 Å². The molecule has 0 bridgehead atoms. The summed E-state index contributed by atoms with van der Waals surface area (Å²) >= 11 is 0. The Morgan fingerprint density at radius 2 is 1.52 bits per heavy atom. The molecule has 4 heterocycles. The molecule has 27 heavy (non-hydrogen) atoms. The van der Waals surface area contributed by atoms with Gasteiger partial charge in [0.05, 0.1) is 17.2 Å². The molecule has 2 aromatic heterocycles. The Morgan fingerprint density at radius 3 is 2.22 bits per heavy atom. The van der Waals surface area contributed by atoms with Crippen molar-refractivity contribution in [3.8, 4) is 0 Å². The molecule has 6 nitrogen and oxygen atoms in total. The minimum absolute atomic E-state index is 0.427. The predicted octanol–water partition coefficient (Wildman–Crippen LogP) is 3.12. The highest BCUT2D eigenvalue weighted by atomic mass is 15.3. The molecule has 0 radical (unpaired) electrons. The minimum atomic E-state index is 0.427. The van der Waals surface area contributed by atoms with Gasteiger partial charge >= 0.3 is 0 Å². The van der Waals surface area contributed by atoms with Gasteiger partial charge in [-0.2, -0.15) is 0 Å². The first-order chi connectivity index (χ1) is 13.2. The summed E-state index contributed by atoms with van der Waals surface area (Å²) < 4.78 is 0. The van der Waals surface area contributed by atoms with E-state index in [0.717, 1.165) is 54.5 Å². The topological polar surface area (TPSA) is 58.0 Å². The van der Waals surface area contributed by atoms with Crippen molar-refractivity contribution >= 4 is 22.7 Å². The number of fused-ring (bicyclic) bond motifs is 2. The third-order valence-electron chi connectivity index (χ3n) is 5.84. The van der Waals surface area contributed by atoms with Gasteiger partial charge in [0.1, 0.15) is 18.0 Å². The SMILES string of the molecule is CC(C)c1cc(N2CC3CN(c4cnc5ccccc5n4)CC3C2)ncn1. The van der Waals surface area contributed by atoms with Gasteiger partial charge in [0.15, 0.2) is 0 Å². The monoisotopic (exact) mass is 360 g/mol. The first kappa shape index (κ1) is 16.4. The molecule has 2 fully saturated rings. The second-order valence-corrected chi connectivity index (χ2v) is 8.00. The van der Waals surface area contributed by atoms with E-state index < -0.39 is 0 Å². The van der Waals surface area contributed by atoms with Gasteiger partial charge in [0, 0.05) is 49.8 Å². The summed E-state index contributed by atoms with van der Waals surface area (Å²) in [6.07, 6.45) is 3.62. The second kappa shape index (κ2) is 6.44. The predicted molar refractivity (Wildman–Crippen MR) is 107 cm³/mol. The maximum absolute atomic E-state index is 4.82. The highest BCUT2D eigenvalue weighted by Gasteiger charge is 2.41. The number of benzene rings is 1. The fourth-order valence-electron chi connectivity index (χ4n) is 4.32. The normalized spacial score (nSPS) is 22.0. The molecule has 2 atom stereocenters. The molecule has 5 rings (SSSR count). The van der Waals surface area contributed by atoms with Crippen molar-refractivity contribution in [3.05, 3.63) is 48.5 Å². The third-order valence-corrected chi connectivity index (χ3v) is 5.84. The number of rotatable bonds is 3. The largest absolute Gasteiger partial charge is 0.356 e. The van der Waals surface area contributed by atoms with Crippen LogP contribution in [0.25, 0.3) is 11.0 Å². The van der Waals surface area contributed by atoms with E-state index >= 15 is 0 Å². The highest BCUT2D eigenvalue weighted by molar-refractivity contribution is 5.75. The summed E-state index contributed by atoms with van der Waals surface area (Å²) in [5.74, 6) is 3.79. The third kappa shape index (κ3) is 2.99. The molecule has 138 valence electrons. The maximum Gasteiger partial charge on any atom is 0.147 e. The van der Waals surface area contributed by atoms with E-state index in [4.69, 9.17) is 4.98 Å². The van der Waals surface area contributed by atoms with Gasteiger partial charge in [-0.1, -0.05) is 26.0 Å². The fraction of sp³-hybridized carbons (Fsp3) is 0.429. The lowest BCUT2D eigenvalue weighted by Crippen LogP contribution is -2.29. The van der Waals surface area contributed by atoms with Crippen LogP contribution in [0.1, 0.15) is 25.5 Å². The van der Waals surface area contributed by atoms with E-state index in [1.807, 2.05) is 30.5 Å². The van der Waals surface area contributed by atoms with Gasteiger partial charge in [0.25, 0.3) is 0 Å². The molecule has 1 aromatic carbocycles. The molecule has 3 aromatic rings. The zero-order valence-corrected chi connectivity index (χ0v) is 15.8. The van der Waals surface area contributed by atoms with Crippen molar-refractivity contribution in [2.24, 2.45) is 11.8 Å². The molecule has 2 aliphatic heterocycles. The number of hydrogen-bond acceptors (Lipinski definition) is 6. The van der Waals surface area contributed by atoms with Crippen molar-refractivity contribution in [2.45, 2.75) is 19.8 Å². The summed E-state index contributed by atoms with van der Waals surface area (Å²) in [5.41, 5.74) is 3.04. The Morgan fingerprint density at radius 1 is 0.852 bits per heavy atom. The zero-order chi connectivity index (χ0) is 18.4. The van der Waals surface area contributed by atoms with Crippen LogP contribution in [0.2, 0.25) is 0 Å². The van der Waals surface area contributed by atoms with Crippen molar-refractivity contribution in [1.29, 1.82) is 0 Å². The molecular formula is C21H24N6. The Balaban J connectivity index is 1.31. The van der Waals surface area contributed by atoms with E-state index in [-0.39, 0.29) is 0 Å². The molecule has 0 amide bonds. The summed E-state index contributed by atoms with van der Waals surface area (Å²) in [5, 5.41) is 0. The number of nitrogens with zero attached hydrogens (tertiary/aromatic N) is 6. The van der Waals surface area contributed by atoms with Gasteiger partial charge in [-0.25, -0.2) is 15.0 Å². The molecule has 2 saturated heterocycles. The lowest BCUT2D eigenvalue weighted by molar-refractivity contribution is 0.533. The quantitative estimate of drug-likeness (QED) is 0.715. The van der Waals surface area contributed by atoms with Gasteiger partial charge in [0.2, 0.25) is 0 Å². The average molecular weight is 360 g/mol. The molecule has 0 saturated carbocycles. The molecule has 2 unspecified atom stereocenters. The first-order valence-electron chi connectivity index (χ1n) is 9.71. The van der Waals surface area contributed by atoms with E-state index in [1.54, 1.807) is 6.33 Å². The van der Waals surface area contributed by atoms with Crippen molar-refractivity contribution < 1.29 is 0 Å². The molecule has 0 aliphatic carbocycles. The Bertz CT molecular complexity index is 958. The van der Waals surface area contributed by atoms with Crippen LogP contribution in [0.15, 0.2) is 42.9 Å². The van der Waals surface area contributed by atoms with Crippen LogP contribution in [0.3, 0.4) is 0 Å². The maximum atomic E-state index is 4.82. The van der Waals surface area contributed by atoms with Crippen LogP contribution >= 0.6 is 0 Å². The smallest absolute Gasteiger partial charge is 0.147 e. The van der Waals surface area contributed by atoms with Gasteiger partial charge in [-0.15, -0.1) is 0 Å². The minimum Gasteiger partial charge on any atom is -0.356 e. The number of para-hydroxylation sites is 2. The zero-order valence-electron chi connectivity index (χ0n) is 15.8. The molecular weight excluding hydrogens is 336 g/mol. The van der Waals surface area contributed by atoms with Gasteiger partial charge in [-0.3, -0.25) is 4.98 Å². The lowest BCUT2D eigenvalue weighted by Gasteiger charge is -2.23. The van der Waals surface area contributed by atoms with Crippen molar-refractivity contribution in [1.82, 2.24) is 19.9 Å². The van der Waals surface area contributed by atoms with E-state index in [9.17, 15) is 0 Å². The average Bonchev–Trinajstić information content (AvgIpc) is 3.27. The number of anilines is 2. The standard InChI is InChI=1S/C21H24N6/c1-14(2)19-7-20(24-13-23-19)26-9-15-11-27(12-16(15)10-26)21-8-22-17-5-3-4-6-18(17)25-21/h3-8,13-16H,9-12H2,1-2H3. The number of aromatic nitrogens is 4. The number of hydrogen-bond donors (Lipinski definition) is 0. The first-order valence-corrected chi connectivity index (χ1v) is 9.71. The van der Waals surface area contributed by atoms with Gasteiger partial charge in [-0.05, 0) is 18.1 Å². The molecule has 6 heteroatoms. The van der Waals surface area contributed by atoms with Crippen LogP contribution in [0.5, 0.6) is 0 Å². The highest BCUT2D eigenvalue weighted by Crippen LogP contribution is 2.35. The van der Waals surface area contributed by atoms with Crippen LogP contribution in [-0.2, 0) is 0 Å². The molecule has 0 spiro atoms. The van der Waals surface area contributed by atoms with E-state index in [2.05, 4.69) is 44.7 Å². The second-order valence-electron chi connectivity index (χ2n) is 8.00. The van der Waals surface area contributed by atoms with Crippen molar-refractivity contribution in [2.75, 3.05) is 36.0 Å². The summed E-state index contributed by atoms with van der Waals surface area (Å²) in [7, 11) is 0. The van der Waals surface area contributed by atoms with Crippen LogP contribution < -0.4 is 9.80 Å². The van der Waals surface area contributed by atoms with Crippen LogP contribution in [-0.4, -0.2) is 46.1 Å². The van der Waals surface area contributed by atoms with E-state index in [1.165, 1.54) is 0 Å². The summed E-state index contributed by atoms with van der Waals surface area (Å²) in [4.78, 5) is 23.1. The molecule has 0 N–H and O–H groups in total. The summed E-state index contributed by atoms with van der Waals surface area (Å²) in [6, 6.07) is 10.2. The fourth-order valence-corrected chi connectivity index (χ4v) is 4.32. The summed E-state index contributed by atoms with van der Waals surface area (Å²) in [6.45, 7) is 8.53. The van der Waals surface area contributed by atoms with Crippen molar-refractivity contribution in [3.63, 3.8) is 0 Å². The van der Waals surface area contributed by atoms with Crippen LogP contribution in [0.4, 0.5) is 11.6 Å². The molecule has 2 aliphatic rings. The van der Waals surface area contributed by atoms with Crippen LogP contribution in [0, 0.1) is 11.8 Å².